The molecule has 0 aliphatic heterocycles. The van der Waals surface area contributed by atoms with E-state index in [0.717, 1.165) is 0 Å². The first-order chi connectivity index (χ1) is 10.1. The highest BCUT2D eigenvalue weighted by Crippen LogP contribution is 2.29. The van der Waals surface area contributed by atoms with Crippen molar-refractivity contribution in [2.75, 3.05) is 0 Å². The molecule has 1 atom stereocenters. The van der Waals surface area contributed by atoms with Crippen LogP contribution in [0.3, 0.4) is 0 Å². The molecule has 0 aliphatic rings. The number of alkyl carbamates (subject to hydrolysis) is 1. The van der Waals surface area contributed by atoms with Gasteiger partial charge in [-0.3, -0.25) is 5.32 Å². The van der Waals surface area contributed by atoms with E-state index in [0.29, 0.717) is 0 Å². The number of ether oxygens (including phenoxy) is 2. The number of nitrogens with one attached hydrogen (secondary N) is 1. The summed E-state index contributed by atoms with van der Waals surface area (Å²) in [5.41, 5.74) is -4.37. The van der Waals surface area contributed by atoms with Crippen molar-refractivity contribution < 1.29 is 29.0 Å². The third-order valence-corrected chi connectivity index (χ3v) is 2.50. The lowest BCUT2D eigenvalue weighted by atomic mass is 9.92. The number of rotatable bonds is 5. The molecule has 0 aromatic heterocycles. The Labute approximate surface area is 137 Å². The van der Waals surface area contributed by atoms with Gasteiger partial charge in [0, 0.05) is 0 Å². The molecule has 0 radical (unpaired) electrons. The van der Waals surface area contributed by atoms with Crippen LogP contribution in [0.2, 0.25) is 0 Å². The number of amides is 1. The first-order valence-electron chi connectivity index (χ1n) is 7.35. The SMILES string of the molecule is CC(C)C(=C=O)[C@@](NC(=O)OC(C)(C)C)(OC(C)(C)C)C(=O)O. The van der Waals surface area contributed by atoms with Gasteiger partial charge < -0.3 is 14.6 Å². The summed E-state index contributed by atoms with van der Waals surface area (Å²) in [7, 11) is 0. The number of hydrogen-bond donors (Lipinski definition) is 2. The number of hydrogen-bond acceptors (Lipinski definition) is 5. The van der Waals surface area contributed by atoms with Gasteiger partial charge in [0.05, 0.1) is 11.2 Å². The van der Waals surface area contributed by atoms with E-state index in [1.807, 2.05) is 0 Å². The quantitative estimate of drug-likeness (QED) is 0.593. The Bertz CT molecular complexity index is 506. The zero-order valence-corrected chi connectivity index (χ0v) is 15.1. The Hall–Kier alpha value is -1.85. The summed E-state index contributed by atoms with van der Waals surface area (Å²) >= 11 is 0. The largest absolute Gasteiger partial charge is 0.477 e. The lowest BCUT2D eigenvalue weighted by molar-refractivity contribution is -0.183. The standard InChI is InChI=1S/C16H27NO6/c1-10(2)11(9-18)16(12(19)20,23-15(6,7)8)17-13(21)22-14(3,4)5/h10H,1-8H3,(H,17,21)(H,19,20)/t16-/m1/s1. The molecule has 0 heterocycles. The molecule has 132 valence electrons. The van der Waals surface area contributed by atoms with Crippen LogP contribution >= 0.6 is 0 Å². The molecular formula is C16H27NO6. The van der Waals surface area contributed by atoms with Crippen molar-refractivity contribution in [3.63, 3.8) is 0 Å². The Morgan fingerprint density at radius 1 is 1.04 bits per heavy atom. The van der Waals surface area contributed by atoms with Gasteiger partial charge in [0.2, 0.25) is 0 Å². The molecular weight excluding hydrogens is 302 g/mol. The third kappa shape index (κ3) is 6.42. The minimum Gasteiger partial charge on any atom is -0.477 e. The molecule has 0 aromatic rings. The highest BCUT2D eigenvalue weighted by Gasteiger charge is 2.51. The maximum Gasteiger partial charge on any atom is 0.410 e. The normalized spacial score (nSPS) is 14.7. The van der Waals surface area contributed by atoms with Crippen LogP contribution in [-0.2, 0) is 19.1 Å². The average molecular weight is 329 g/mol. The van der Waals surface area contributed by atoms with E-state index >= 15 is 0 Å². The molecule has 0 spiro atoms. The first-order valence-corrected chi connectivity index (χ1v) is 7.35. The van der Waals surface area contributed by atoms with Crippen LogP contribution in [0.25, 0.3) is 0 Å². The molecule has 0 saturated carbocycles. The highest BCUT2D eigenvalue weighted by molar-refractivity contribution is 5.89. The van der Waals surface area contributed by atoms with Gasteiger partial charge in [0.15, 0.2) is 0 Å². The molecule has 7 nitrogen and oxygen atoms in total. The van der Waals surface area contributed by atoms with Crippen LogP contribution in [0.15, 0.2) is 5.57 Å². The van der Waals surface area contributed by atoms with Crippen LogP contribution in [0.1, 0.15) is 55.4 Å². The molecule has 0 unspecified atom stereocenters. The Morgan fingerprint density at radius 2 is 1.52 bits per heavy atom. The van der Waals surface area contributed by atoms with E-state index in [9.17, 15) is 19.5 Å². The van der Waals surface area contributed by atoms with Crippen molar-refractivity contribution >= 4 is 18.0 Å². The van der Waals surface area contributed by atoms with Gasteiger partial charge >= 0.3 is 12.1 Å². The lowest BCUT2D eigenvalue weighted by Gasteiger charge is -2.38. The Morgan fingerprint density at radius 3 is 1.78 bits per heavy atom. The first kappa shape index (κ1) is 21.1. The molecule has 23 heavy (non-hydrogen) atoms. The maximum atomic E-state index is 12.1. The minimum atomic E-state index is -2.35. The zero-order chi connectivity index (χ0) is 18.6. The second-order valence-corrected chi connectivity index (χ2v) is 7.50. The van der Waals surface area contributed by atoms with Gasteiger partial charge in [-0.05, 0) is 47.5 Å². The van der Waals surface area contributed by atoms with Crippen molar-refractivity contribution in [3.05, 3.63) is 5.57 Å². The number of aliphatic carboxylic acids is 1. The van der Waals surface area contributed by atoms with Gasteiger partial charge in [-0.25, -0.2) is 14.4 Å². The van der Waals surface area contributed by atoms with Crippen molar-refractivity contribution in [2.24, 2.45) is 5.92 Å². The van der Waals surface area contributed by atoms with Crippen molar-refractivity contribution in [2.45, 2.75) is 72.3 Å². The van der Waals surface area contributed by atoms with E-state index in [1.165, 1.54) is 0 Å². The summed E-state index contributed by atoms with van der Waals surface area (Å²) in [6.45, 7) is 13.0. The van der Waals surface area contributed by atoms with E-state index in [-0.39, 0.29) is 5.57 Å². The van der Waals surface area contributed by atoms with Crippen molar-refractivity contribution in [1.29, 1.82) is 0 Å². The predicted molar refractivity (Wildman–Crippen MR) is 84.6 cm³/mol. The molecule has 7 heteroatoms. The minimum absolute atomic E-state index is 0.231. The summed E-state index contributed by atoms with van der Waals surface area (Å²) in [5.74, 6) is -0.431. The van der Waals surface area contributed by atoms with Gasteiger partial charge in [0.1, 0.15) is 11.5 Å². The monoisotopic (exact) mass is 329 g/mol. The fraction of sp³-hybridized carbons (Fsp3) is 0.750. The second kappa shape index (κ2) is 7.15. The zero-order valence-electron chi connectivity index (χ0n) is 15.1. The highest BCUT2D eigenvalue weighted by atomic mass is 16.6. The summed E-state index contributed by atoms with van der Waals surface area (Å²) in [4.78, 5) is 35.4. The van der Waals surface area contributed by atoms with E-state index in [2.05, 4.69) is 5.32 Å². The van der Waals surface area contributed by atoms with Crippen LogP contribution in [0, 0.1) is 5.92 Å². The molecule has 0 aromatic carbocycles. The molecule has 0 fully saturated rings. The van der Waals surface area contributed by atoms with E-state index in [1.54, 1.807) is 61.3 Å². The number of carboxylic acids is 1. The van der Waals surface area contributed by atoms with Crippen LogP contribution < -0.4 is 5.32 Å². The van der Waals surface area contributed by atoms with Crippen molar-refractivity contribution in [3.8, 4) is 0 Å². The Balaban J connectivity index is 6.00. The molecule has 0 bridgehead atoms. The summed E-state index contributed by atoms with van der Waals surface area (Å²) < 4.78 is 10.7. The van der Waals surface area contributed by atoms with Gasteiger partial charge in [0.25, 0.3) is 5.72 Å². The van der Waals surface area contributed by atoms with Gasteiger partial charge in [-0.2, -0.15) is 0 Å². The van der Waals surface area contributed by atoms with Crippen LogP contribution in [0.5, 0.6) is 0 Å². The molecule has 0 rings (SSSR count). The van der Waals surface area contributed by atoms with E-state index < -0.39 is 34.9 Å². The van der Waals surface area contributed by atoms with Gasteiger partial charge in [-0.15, -0.1) is 0 Å². The average Bonchev–Trinajstić information content (AvgIpc) is 2.23. The predicted octanol–water partition coefficient (Wildman–Crippen LogP) is 2.52. The summed E-state index contributed by atoms with van der Waals surface area (Å²) in [5, 5.41) is 11.9. The fourth-order valence-corrected chi connectivity index (χ4v) is 1.86. The summed E-state index contributed by atoms with van der Waals surface area (Å²) in [6.07, 6.45) is -1.00. The number of carbonyl (C=O) groups is 2. The summed E-state index contributed by atoms with van der Waals surface area (Å²) in [6, 6.07) is 0. The molecule has 2 N–H and O–H groups in total. The fourth-order valence-electron chi connectivity index (χ4n) is 1.86. The topological polar surface area (TPSA) is 102 Å². The maximum absolute atomic E-state index is 12.1. The molecule has 0 aliphatic carbocycles. The lowest BCUT2D eigenvalue weighted by Crippen LogP contribution is -2.62. The van der Waals surface area contributed by atoms with E-state index in [4.69, 9.17) is 9.47 Å². The van der Waals surface area contributed by atoms with Crippen molar-refractivity contribution in [1.82, 2.24) is 5.32 Å². The molecule has 1 amide bonds. The number of carboxylic acid groups (broad SMARTS) is 1. The van der Waals surface area contributed by atoms with Gasteiger partial charge in [-0.1, -0.05) is 13.8 Å². The Kier molecular flexibility index (Phi) is 6.57. The molecule has 0 saturated heterocycles. The smallest absolute Gasteiger partial charge is 0.410 e. The van der Waals surface area contributed by atoms with Crippen LogP contribution in [-0.4, -0.2) is 40.0 Å². The third-order valence-electron chi connectivity index (χ3n) is 2.50. The number of carbonyl (C=O) groups excluding carboxylic acids is 2. The van der Waals surface area contributed by atoms with Crippen LogP contribution in [0.4, 0.5) is 4.79 Å². The second-order valence-electron chi connectivity index (χ2n) is 7.50.